The van der Waals surface area contributed by atoms with Crippen molar-refractivity contribution in [3.8, 4) is 5.75 Å². The molecule has 2 amide bonds. The lowest BCUT2D eigenvalue weighted by Gasteiger charge is -2.15. The summed E-state index contributed by atoms with van der Waals surface area (Å²) in [7, 11) is 3.29. The van der Waals surface area contributed by atoms with E-state index in [1.807, 2.05) is 0 Å². The Morgan fingerprint density at radius 2 is 1.83 bits per heavy atom. The van der Waals surface area contributed by atoms with Crippen LogP contribution in [0.2, 0.25) is 10.0 Å². The van der Waals surface area contributed by atoms with E-state index in [1.165, 1.54) is 11.0 Å². The molecule has 0 spiro atoms. The third-order valence-electron chi connectivity index (χ3n) is 3.09. The Balaban J connectivity index is 2.04. The average molecular weight is 367 g/mol. The minimum Gasteiger partial charge on any atom is -0.482 e. The molecule has 126 valence electrons. The van der Waals surface area contributed by atoms with Gasteiger partial charge in [0.25, 0.3) is 11.8 Å². The highest BCUT2D eigenvalue weighted by atomic mass is 35.5. The van der Waals surface area contributed by atoms with Crippen LogP contribution < -0.4 is 10.1 Å². The summed E-state index contributed by atoms with van der Waals surface area (Å²) in [6, 6.07) is 11.5. The SMILES string of the molecule is CN(C)C(=O)c1ccccc1NC(=O)COc1ccc(Cl)cc1Cl. The molecule has 0 fully saturated rings. The summed E-state index contributed by atoms with van der Waals surface area (Å²) in [5.74, 6) is -0.249. The Morgan fingerprint density at radius 1 is 1.12 bits per heavy atom. The fourth-order valence-electron chi connectivity index (χ4n) is 1.94. The predicted octanol–water partition coefficient (Wildman–Crippen LogP) is 3.71. The summed E-state index contributed by atoms with van der Waals surface area (Å²) in [6.07, 6.45) is 0. The second-order valence-corrected chi connectivity index (χ2v) is 6.00. The highest BCUT2D eigenvalue weighted by Crippen LogP contribution is 2.27. The van der Waals surface area contributed by atoms with Crippen molar-refractivity contribution in [2.24, 2.45) is 0 Å². The molecule has 0 saturated heterocycles. The molecular weight excluding hydrogens is 351 g/mol. The Labute approximate surface area is 150 Å². The van der Waals surface area contributed by atoms with Gasteiger partial charge in [-0.25, -0.2) is 0 Å². The van der Waals surface area contributed by atoms with Crippen LogP contribution in [0.15, 0.2) is 42.5 Å². The first-order valence-electron chi connectivity index (χ1n) is 7.07. The van der Waals surface area contributed by atoms with Gasteiger partial charge in [-0.15, -0.1) is 0 Å². The van der Waals surface area contributed by atoms with Crippen LogP contribution in [0, 0.1) is 0 Å². The number of benzene rings is 2. The Bertz CT molecular complexity index is 763. The van der Waals surface area contributed by atoms with Crippen LogP contribution in [-0.2, 0) is 4.79 Å². The van der Waals surface area contributed by atoms with Gasteiger partial charge >= 0.3 is 0 Å². The molecule has 0 aliphatic rings. The number of amides is 2. The van der Waals surface area contributed by atoms with Gasteiger partial charge in [-0.3, -0.25) is 9.59 Å². The molecule has 0 unspecified atom stereocenters. The second kappa shape index (κ2) is 8.04. The predicted molar refractivity (Wildman–Crippen MR) is 95.0 cm³/mol. The molecule has 0 saturated carbocycles. The van der Waals surface area contributed by atoms with Crippen LogP contribution in [0.4, 0.5) is 5.69 Å². The van der Waals surface area contributed by atoms with E-state index in [4.69, 9.17) is 27.9 Å². The van der Waals surface area contributed by atoms with Crippen molar-refractivity contribution < 1.29 is 14.3 Å². The van der Waals surface area contributed by atoms with E-state index in [0.717, 1.165) is 0 Å². The first-order valence-corrected chi connectivity index (χ1v) is 7.82. The number of carbonyl (C=O) groups excluding carboxylic acids is 2. The fraction of sp³-hybridized carbons (Fsp3) is 0.176. The van der Waals surface area contributed by atoms with Crippen LogP contribution in [0.5, 0.6) is 5.75 Å². The van der Waals surface area contributed by atoms with Gasteiger partial charge in [0.05, 0.1) is 16.3 Å². The van der Waals surface area contributed by atoms with Crippen molar-refractivity contribution in [3.05, 3.63) is 58.1 Å². The molecule has 5 nitrogen and oxygen atoms in total. The first-order chi connectivity index (χ1) is 11.4. The van der Waals surface area contributed by atoms with Crippen LogP contribution in [-0.4, -0.2) is 37.4 Å². The number of hydrogen-bond acceptors (Lipinski definition) is 3. The number of carbonyl (C=O) groups is 2. The molecule has 0 aromatic heterocycles. The average Bonchev–Trinajstić information content (AvgIpc) is 2.53. The maximum atomic E-state index is 12.1. The number of anilines is 1. The number of nitrogens with one attached hydrogen (secondary N) is 1. The van der Waals surface area contributed by atoms with Gasteiger partial charge in [0.1, 0.15) is 5.75 Å². The number of hydrogen-bond donors (Lipinski definition) is 1. The zero-order valence-electron chi connectivity index (χ0n) is 13.2. The number of ether oxygens (including phenoxy) is 1. The molecule has 2 aromatic carbocycles. The standard InChI is InChI=1S/C17H16Cl2N2O3/c1-21(2)17(23)12-5-3-4-6-14(12)20-16(22)10-24-15-8-7-11(18)9-13(15)19/h3-9H,10H2,1-2H3,(H,20,22). The molecule has 0 atom stereocenters. The minimum absolute atomic E-state index is 0.201. The van der Waals surface area contributed by atoms with Crippen molar-refractivity contribution in [1.29, 1.82) is 0 Å². The van der Waals surface area contributed by atoms with E-state index in [2.05, 4.69) is 5.32 Å². The Kier molecular flexibility index (Phi) is 6.06. The van der Waals surface area contributed by atoms with Crippen molar-refractivity contribution in [3.63, 3.8) is 0 Å². The lowest BCUT2D eigenvalue weighted by Crippen LogP contribution is -2.25. The Morgan fingerprint density at radius 3 is 2.50 bits per heavy atom. The summed E-state index contributed by atoms with van der Waals surface area (Å²) < 4.78 is 5.38. The highest BCUT2D eigenvalue weighted by molar-refractivity contribution is 6.35. The molecule has 0 aliphatic heterocycles. The summed E-state index contributed by atoms with van der Waals surface area (Å²) in [5, 5.41) is 3.46. The number of halogens is 2. The number of rotatable bonds is 5. The van der Waals surface area contributed by atoms with Crippen molar-refractivity contribution >= 4 is 40.7 Å². The second-order valence-electron chi connectivity index (χ2n) is 5.16. The van der Waals surface area contributed by atoms with Crippen LogP contribution >= 0.6 is 23.2 Å². The van der Waals surface area contributed by atoms with Crippen molar-refractivity contribution in [2.75, 3.05) is 26.0 Å². The number of para-hydroxylation sites is 1. The van der Waals surface area contributed by atoms with E-state index in [1.54, 1.807) is 50.5 Å². The van der Waals surface area contributed by atoms with E-state index in [9.17, 15) is 9.59 Å². The monoisotopic (exact) mass is 366 g/mol. The fourth-order valence-corrected chi connectivity index (χ4v) is 2.40. The highest BCUT2D eigenvalue weighted by Gasteiger charge is 2.15. The molecule has 24 heavy (non-hydrogen) atoms. The maximum Gasteiger partial charge on any atom is 0.262 e. The zero-order valence-corrected chi connectivity index (χ0v) is 14.7. The molecule has 7 heteroatoms. The number of nitrogens with zero attached hydrogens (tertiary/aromatic N) is 1. The molecule has 1 N–H and O–H groups in total. The van der Waals surface area contributed by atoms with Gasteiger partial charge in [-0.05, 0) is 30.3 Å². The van der Waals surface area contributed by atoms with Gasteiger partial charge < -0.3 is 15.0 Å². The van der Waals surface area contributed by atoms with Gasteiger partial charge in [0.15, 0.2) is 6.61 Å². The molecule has 2 rings (SSSR count). The van der Waals surface area contributed by atoms with Crippen LogP contribution in [0.3, 0.4) is 0 Å². The van der Waals surface area contributed by atoms with E-state index >= 15 is 0 Å². The molecular formula is C17H16Cl2N2O3. The van der Waals surface area contributed by atoms with Crippen LogP contribution in [0.25, 0.3) is 0 Å². The summed E-state index contributed by atoms with van der Waals surface area (Å²) in [4.78, 5) is 25.6. The topological polar surface area (TPSA) is 58.6 Å². The van der Waals surface area contributed by atoms with Crippen molar-refractivity contribution in [2.45, 2.75) is 0 Å². The molecule has 0 heterocycles. The van der Waals surface area contributed by atoms with Gasteiger partial charge in [-0.2, -0.15) is 0 Å². The van der Waals surface area contributed by atoms with Gasteiger partial charge in [-0.1, -0.05) is 35.3 Å². The summed E-state index contributed by atoms with van der Waals surface area (Å²) >= 11 is 11.8. The molecule has 0 aliphatic carbocycles. The minimum atomic E-state index is -0.403. The third-order valence-corrected chi connectivity index (χ3v) is 3.62. The normalized spacial score (nSPS) is 10.2. The van der Waals surface area contributed by atoms with Crippen molar-refractivity contribution in [1.82, 2.24) is 4.90 Å². The molecule has 0 radical (unpaired) electrons. The third kappa shape index (κ3) is 4.63. The quantitative estimate of drug-likeness (QED) is 0.877. The summed E-state index contributed by atoms with van der Waals surface area (Å²) in [5.41, 5.74) is 0.826. The van der Waals surface area contributed by atoms with E-state index in [0.29, 0.717) is 27.0 Å². The Hall–Kier alpha value is -2.24. The largest absolute Gasteiger partial charge is 0.482 e. The van der Waals surface area contributed by atoms with Gasteiger partial charge in [0, 0.05) is 19.1 Å². The van der Waals surface area contributed by atoms with Crippen LogP contribution in [0.1, 0.15) is 10.4 Å². The lowest BCUT2D eigenvalue weighted by molar-refractivity contribution is -0.118. The summed E-state index contributed by atoms with van der Waals surface area (Å²) in [6.45, 7) is -0.244. The van der Waals surface area contributed by atoms with E-state index in [-0.39, 0.29) is 12.5 Å². The smallest absolute Gasteiger partial charge is 0.262 e. The first kappa shape index (κ1) is 18.1. The molecule has 0 bridgehead atoms. The zero-order chi connectivity index (χ0) is 17.7. The van der Waals surface area contributed by atoms with E-state index < -0.39 is 5.91 Å². The maximum absolute atomic E-state index is 12.1. The van der Waals surface area contributed by atoms with Gasteiger partial charge in [0.2, 0.25) is 0 Å². The molecule has 2 aromatic rings. The lowest BCUT2D eigenvalue weighted by atomic mass is 10.1.